The SMILES string of the molecule is Oc1cnc(Br)c2ccc(C(F)(F)F)cc12. The Morgan fingerprint density at radius 2 is 1.88 bits per heavy atom. The number of rotatable bonds is 0. The molecule has 6 heteroatoms. The number of alkyl halides is 3. The lowest BCUT2D eigenvalue weighted by Gasteiger charge is -2.09. The molecule has 16 heavy (non-hydrogen) atoms. The average molecular weight is 292 g/mol. The van der Waals surface area contributed by atoms with E-state index in [9.17, 15) is 18.3 Å². The molecule has 2 rings (SSSR count). The minimum Gasteiger partial charge on any atom is -0.506 e. The minimum absolute atomic E-state index is 0.122. The van der Waals surface area contributed by atoms with Gasteiger partial charge in [0.2, 0.25) is 0 Å². The van der Waals surface area contributed by atoms with Gasteiger partial charge in [-0.3, -0.25) is 0 Å². The van der Waals surface area contributed by atoms with Crippen molar-refractivity contribution in [2.45, 2.75) is 6.18 Å². The molecule has 0 amide bonds. The van der Waals surface area contributed by atoms with E-state index in [1.807, 2.05) is 0 Å². The van der Waals surface area contributed by atoms with Crippen LogP contribution in [0, 0.1) is 0 Å². The second-order valence-corrected chi connectivity index (χ2v) is 3.94. The van der Waals surface area contributed by atoms with Gasteiger partial charge in [-0.1, -0.05) is 6.07 Å². The van der Waals surface area contributed by atoms with Gasteiger partial charge in [-0.25, -0.2) is 4.98 Å². The summed E-state index contributed by atoms with van der Waals surface area (Å²) in [5, 5.41) is 10.00. The Bertz CT molecular complexity index is 553. The summed E-state index contributed by atoms with van der Waals surface area (Å²) in [6.45, 7) is 0. The summed E-state index contributed by atoms with van der Waals surface area (Å²) in [5.74, 6) is -0.274. The standard InChI is InChI=1S/C10H5BrF3NO/c11-9-6-2-1-5(10(12,13)14)3-7(6)8(16)4-15-9/h1-4,16H. The number of aromatic nitrogens is 1. The zero-order valence-electron chi connectivity index (χ0n) is 7.72. The maximum atomic E-state index is 12.4. The number of fused-ring (bicyclic) bond motifs is 1. The van der Waals surface area contributed by atoms with E-state index in [1.54, 1.807) is 0 Å². The van der Waals surface area contributed by atoms with Gasteiger partial charge in [-0.05, 0) is 28.1 Å². The van der Waals surface area contributed by atoms with E-state index >= 15 is 0 Å². The van der Waals surface area contributed by atoms with Crippen molar-refractivity contribution in [3.8, 4) is 5.75 Å². The first kappa shape index (κ1) is 11.2. The van der Waals surface area contributed by atoms with Crippen LogP contribution in [0.25, 0.3) is 10.8 Å². The van der Waals surface area contributed by atoms with Crippen LogP contribution in [0.15, 0.2) is 29.0 Å². The van der Waals surface area contributed by atoms with Crippen molar-refractivity contribution in [2.24, 2.45) is 0 Å². The molecule has 1 aromatic heterocycles. The molecular weight excluding hydrogens is 287 g/mol. The third-order valence-electron chi connectivity index (χ3n) is 2.15. The molecule has 0 radical (unpaired) electrons. The summed E-state index contributed by atoms with van der Waals surface area (Å²) < 4.78 is 37.7. The molecule has 1 N–H and O–H groups in total. The van der Waals surface area contributed by atoms with E-state index < -0.39 is 11.7 Å². The molecule has 1 aromatic carbocycles. The number of pyridine rings is 1. The Morgan fingerprint density at radius 1 is 1.19 bits per heavy atom. The molecule has 2 nitrogen and oxygen atoms in total. The summed E-state index contributed by atoms with van der Waals surface area (Å²) in [6.07, 6.45) is -3.32. The fourth-order valence-corrected chi connectivity index (χ4v) is 1.82. The number of hydrogen-bond donors (Lipinski definition) is 1. The van der Waals surface area contributed by atoms with E-state index in [-0.39, 0.29) is 11.1 Å². The van der Waals surface area contributed by atoms with Crippen LogP contribution in [-0.2, 0) is 6.18 Å². The highest BCUT2D eigenvalue weighted by atomic mass is 79.9. The third-order valence-corrected chi connectivity index (χ3v) is 2.78. The molecule has 84 valence electrons. The molecule has 0 bridgehead atoms. The van der Waals surface area contributed by atoms with E-state index in [0.29, 0.717) is 9.99 Å². The Morgan fingerprint density at radius 3 is 2.50 bits per heavy atom. The number of aromatic hydroxyl groups is 1. The highest BCUT2D eigenvalue weighted by molar-refractivity contribution is 9.10. The van der Waals surface area contributed by atoms with Gasteiger partial charge in [0.15, 0.2) is 0 Å². The van der Waals surface area contributed by atoms with Crippen LogP contribution < -0.4 is 0 Å². The van der Waals surface area contributed by atoms with Crippen molar-refractivity contribution in [3.63, 3.8) is 0 Å². The van der Waals surface area contributed by atoms with Crippen LogP contribution in [0.1, 0.15) is 5.56 Å². The normalized spacial score (nSPS) is 12.0. The molecule has 0 aliphatic rings. The summed E-state index contributed by atoms with van der Waals surface area (Å²) in [7, 11) is 0. The largest absolute Gasteiger partial charge is 0.506 e. The first-order valence-electron chi connectivity index (χ1n) is 4.24. The van der Waals surface area contributed by atoms with Gasteiger partial charge < -0.3 is 5.11 Å². The summed E-state index contributed by atoms with van der Waals surface area (Å²) >= 11 is 3.10. The number of benzene rings is 1. The summed E-state index contributed by atoms with van der Waals surface area (Å²) in [6, 6.07) is 3.13. The topological polar surface area (TPSA) is 33.1 Å². The molecule has 0 aliphatic heterocycles. The second-order valence-electron chi connectivity index (χ2n) is 3.19. The molecule has 0 unspecified atom stereocenters. The smallest absolute Gasteiger partial charge is 0.416 e. The zero-order chi connectivity index (χ0) is 11.9. The van der Waals surface area contributed by atoms with Crippen molar-refractivity contribution in [3.05, 3.63) is 34.6 Å². The Kier molecular flexibility index (Phi) is 2.53. The van der Waals surface area contributed by atoms with Gasteiger partial charge in [0.05, 0.1) is 11.8 Å². The Hall–Kier alpha value is -1.30. The maximum Gasteiger partial charge on any atom is 0.416 e. The van der Waals surface area contributed by atoms with Crippen molar-refractivity contribution in [2.75, 3.05) is 0 Å². The van der Waals surface area contributed by atoms with Gasteiger partial charge in [-0.2, -0.15) is 13.2 Å². The average Bonchev–Trinajstić information content (AvgIpc) is 2.22. The molecule has 1 heterocycles. The number of nitrogens with zero attached hydrogens (tertiary/aromatic N) is 1. The Labute approximate surface area is 96.9 Å². The van der Waals surface area contributed by atoms with Crippen molar-refractivity contribution in [1.82, 2.24) is 4.98 Å². The monoisotopic (exact) mass is 291 g/mol. The van der Waals surface area contributed by atoms with Gasteiger partial charge in [0.1, 0.15) is 10.4 Å². The van der Waals surface area contributed by atoms with Crippen molar-refractivity contribution >= 4 is 26.7 Å². The molecule has 2 aromatic rings. The van der Waals surface area contributed by atoms with Gasteiger partial charge in [-0.15, -0.1) is 0 Å². The molecule has 0 aliphatic carbocycles. The molecule has 0 saturated heterocycles. The molecule has 0 saturated carbocycles. The van der Waals surface area contributed by atoms with E-state index in [4.69, 9.17) is 0 Å². The first-order chi connectivity index (χ1) is 7.39. The molecule has 0 spiro atoms. The predicted octanol–water partition coefficient (Wildman–Crippen LogP) is 3.72. The van der Waals surface area contributed by atoms with Crippen LogP contribution in [0.2, 0.25) is 0 Å². The summed E-state index contributed by atoms with van der Waals surface area (Å²) in [5.41, 5.74) is -0.798. The van der Waals surface area contributed by atoms with Gasteiger partial charge in [0, 0.05) is 10.8 Å². The second kappa shape index (κ2) is 3.62. The Balaban J connectivity index is 2.76. The van der Waals surface area contributed by atoms with Crippen LogP contribution in [-0.4, -0.2) is 10.1 Å². The number of hydrogen-bond acceptors (Lipinski definition) is 2. The fourth-order valence-electron chi connectivity index (χ4n) is 1.37. The predicted molar refractivity (Wildman–Crippen MR) is 56.1 cm³/mol. The first-order valence-corrected chi connectivity index (χ1v) is 5.03. The minimum atomic E-state index is -4.42. The van der Waals surface area contributed by atoms with E-state index in [1.165, 1.54) is 6.07 Å². The van der Waals surface area contributed by atoms with E-state index in [0.717, 1.165) is 18.3 Å². The molecular formula is C10H5BrF3NO. The number of halogens is 4. The van der Waals surface area contributed by atoms with Crippen molar-refractivity contribution < 1.29 is 18.3 Å². The zero-order valence-corrected chi connectivity index (χ0v) is 9.30. The lowest BCUT2D eigenvalue weighted by molar-refractivity contribution is -0.137. The molecule has 0 fully saturated rings. The van der Waals surface area contributed by atoms with E-state index in [2.05, 4.69) is 20.9 Å². The van der Waals surface area contributed by atoms with Gasteiger partial charge >= 0.3 is 6.18 Å². The quantitative estimate of drug-likeness (QED) is 0.751. The van der Waals surface area contributed by atoms with Crippen molar-refractivity contribution in [1.29, 1.82) is 0 Å². The highest BCUT2D eigenvalue weighted by Crippen LogP contribution is 2.35. The lowest BCUT2D eigenvalue weighted by atomic mass is 10.1. The van der Waals surface area contributed by atoms with Gasteiger partial charge in [0.25, 0.3) is 0 Å². The van der Waals surface area contributed by atoms with Crippen LogP contribution in [0.4, 0.5) is 13.2 Å². The van der Waals surface area contributed by atoms with Crippen LogP contribution >= 0.6 is 15.9 Å². The highest BCUT2D eigenvalue weighted by Gasteiger charge is 2.30. The van der Waals surface area contributed by atoms with Crippen LogP contribution in [0.5, 0.6) is 5.75 Å². The molecule has 0 atom stereocenters. The maximum absolute atomic E-state index is 12.4. The fraction of sp³-hybridized carbons (Fsp3) is 0.100. The van der Waals surface area contributed by atoms with Crippen LogP contribution in [0.3, 0.4) is 0 Å². The summed E-state index contributed by atoms with van der Waals surface area (Å²) in [4.78, 5) is 3.78. The lowest BCUT2D eigenvalue weighted by Crippen LogP contribution is -2.04. The third kappa shape index (κ3) is 1.84.